The molecule has 1 amide bonds. The van der Waals surface area contributed by atoms with E-state index < -0.39 is 43.3 Å². The van der Waals surface area contributed by atoms with Crippen molar-refractivity contribution < 1.29 is 36.6 Å². The molecule has 1 aliphatic rings. The van der Waals surface area contributed by atoms with Crippen LogP contribution in [0.25, 0.3) is 0 Å². The van der Waals surface area contributed by atoms with Gasteiger partial charge in [-0.05, 0) is 55.8 Å². The average molecular weight is 645 g/mol. The number of hydrogen-bond acceptors (Lipinski definition) is 9. The number of rotatable bonds is 10. The Balaban J connectivity index is 1.40. The number of halogens is 2. The van der Waals surface area contributed by atoms with Crippen molar-refractivity contribution >= 4 is 33.2 Å². The summed E-state index contributed by atoms with van der Waals surface area (Å²) in [4.78, 5) is 17.0. The third-order valence-electron chi connectivity index (χ3n) is 7.19. The van der Waals surface area contributed by atoms with Crippen LogP contribution in [0.5, 0.6) is 0 Å². The van der Waals surface area contributed by atoms with E-state index in [2.05, 4.69) is 15.4 Å². The monoisotopic (exact) mass is 644 g/mol. The van der Waals surface area contributed by atoms with Crippen LogP contribution in [0.4, 0.5) is 14.5 Å². The molecule has 2 heterocycles. The number of anilines is 1. The Morgan fingerprint density at radius 1 is 1.11 bits per heavy atom. The molecule has 0 bridgehead atoms. The number of nitrogens with zero attached hydrogens (tertiary/aromatic N) is 3. The molecule has 5 rings (SSSR count). The molecule has 10 nitrogen and oxygen atoms in total. The highest BCUT2D eigenvalue weighted by atomic mass is 32.2. The Morgan fingerprint density at radius 3 is 2.39 bits per heavy atom. The molecule has 1 saturated heterocycles. The van der Waals surface area contributed by atoms with Crippen LogP contribution in [0.15, 0.2) is 84.3 Å². The molecule has 1 aliphatic heterocycles. The first kappa shape index (κ1) is 31.7. The van der Waals surface area contributed by atoms with E-state index in [1.807, 2.05) is 0 Å². The lowest BCUT2D eigenvalue weighted by atomic mass is 9.90. The van der Waals surface area contributed by atoms with E-state index in [0.717, 1.165) is 24.1 Å². The van der Waals surface area contributed by atoms with Gasteiger partial charge in [0.25, 0.3) is 5.91 Å². The first-order valence-corrected chi connectivity index (χ1v) is 16.3. The second kappa shape index (κ2) is 12.7. The summed E-state index contributed by atoms with van der Waals surface area (Å²) < 4.78 is 66.0. The van der Waals surface area contributed by atoms with Crippen molar-refractivity contribution in [2.24, 2.45) is 0 Å². The zero-order valence-corrected chi connectivity index (χ0v) is 25.4. The van der Waals surface area contributed by atoms with Gasteiger partial charge < -0.3 is 19.9 Å². The van der Waals surface area contributed by atoms with E-state index in [0.29, 0.717) is 42.5 Å². The standard InChI is InChI=1S/C30H30F2N4O6S2/c1-20(29(38,17-36-19-33-18-34-36)26-13-8-23(31)16-27(26)32)43-30(41-14-3-15-42-30)22-6-4-21(5-7-22)28(37)35-24-9-11-25(12-10-24)44(2,39)40/h4-13,16,18-20,38H,3,14-15,17H2,1-2H3,(H,35,37). The van der Waals surface area contributed by atoms with Crippen molar-refractivity contribution in [3.05, 3.63) is 108 Å². The van der Waals surface area contributed by atoms with Gasteiger partial charge in [-0.25, -0.2) is 26.9 Å². The lowest BCUT2D eigenvalue weighted by molar-refractivity contribution is -0.213. The zero-order valence-electron chi connectivity index (χ0n) is 23.8. The molecule has 1 fully saturated rings. The van der Waals surface area contributed by atoms with E-state index >= 15 is 4.39 Å². The Labute approximate surface area is 257 Å². The molecular formula is C30H30F2N4O6S2. The van der Waals surface area contributed by atoms with E-state index in [9.17, 15) is 22.7 Å². The molecule has 0 spiro atoms. The van der Waals surface area contributed by atoms with Gasteiger partial charge in [0.1, 0.15) is 29.9 Å². The smallest absolute Gasteiger partial charge is 0.255 e. The van der Waals surface area contributed by atoms with Gasteiger partial charge in [-0.15, -0.1) is 0 Å². The maximum absolute atomic E-state index is 15.1. The first-order chi connectivity index (χ1) is 20.9. The van der Waals surface area contributed by atoms with Crippen molar-refractivity contribution in [1.29, 1.82) is 0 Å². The van der Waals surface area contributed by atoms with E-state index in [4.69, 9.17) is 9.47 Å². The SMILES string of the molecule is CC(SC1(c2ccc(C(=O)Nc3ccc(S(C)(=O)=O)cc3)cc2)OCCCO1)C(O)(Cn1cncn1)c1ccc(F)cc1F. The Morgan fingerprint density at radius 2 is 1.80 bits per heavy atom. The maximum atomic E-state index is 15.1. The summed E-state index contributed by atoms with van der Waals surface area (Å²) in [7, 11) is -3.37. The normalized spacial score (nSPS) is 17.0. The minimum atomic E-state index is -3.37. The molecule has 3 aromatic carbocycles. The quantitative estimate of drug-likeness (QED) is 0.257. The molecule has 2 unspecified atom stereocenters. The molecule has 14 heteroatoms. The highest BCUT2D eigenvalue weighted by molar-refractivity contribution is 8.00. The molecule has 44 heavy (non-hydrogen) atoms. The van der Waals surface area contributed by atoms with Gasteiger partial charge in [-0.2, -0.15) is 5.10 Å². The molecule has 0 saturated carbocycles. The third kappa shape index (κ3) is 6.84. The number of thioether (sulfide) groups is 1. The van der Waals surface area contributed by atoms with Crippen molar-refractivity contribution in [3.63, 3.8) is 0 Å². The van der Waals surface area contributed by atoms with Crippen LogP contribution in [0.3, 0.4) is 0 Å². The number of sulfone groups is 1. The predicted octanol–water partition coefficient (Wildman–Crippen LogP) is 4.47. The number of ether oxygens (including phenoxy) is 2. The van der Waals surface area contributed by atoms with Crippen molar-refractivity contribution in [2.45, 2.75) is 40.8 Å². The molecule has 2 N–H and O–H groups in total. The van der Waals surface area contributed by atoms with Gasteiger partial charge in [0.15, 0.2) is 9.84 Å². The van der Waals surface area contributed by atoms with Crippen LogP contribution < -0.4 is 5.32 Å². The van der Waals surface area contributed by atoms with Gasteiger partial charge in [0.05, 0.1) is 24.7 Å². The molecular weight excluding hydrogens is 614 g/mol. The predicted molar refractivity (Wildman–Crippen MR) is 159 cm³/mol. The Hall–Kier alpha value is -3.69. The topological polar surface area (TPSA) is 133 Å². The summed E-state index contributed by atoms with van der Waals surface area (Å²) in [5.74, 6) is -2.11. The molecule has 0 aliphatic carbocycles. The van der Waals surface area contributed by atoms with Crippen LogP contribution in [-0.2, 0) is 36.6 Å². The minimum absolute atomic E-state index is 0.128. The third-order valence-corrected chi connectivity index (χ3v) is 9.84. The fourth-order valence-corrected chi connectivity index (χ4v) is 6.86. The number of hydrogen-bond donors (Lipinski definition) is 2. The lowest BCUT2D eigenvalue weighted by Gasteiger charge is -2.42. The number of carbonyl (C=O) groups is 1. The summed E-state index contributed by atoms with van der Waals surface area (Å²) in [5, 5.41) is 16.6. The fourth-order valence-electron chi connectivity index (χ4n) is 4.80. The summed E-state index contributed by atoms with van der Waals surface area (Å²) in [6.07, 6.45) is 4.41. The number of benzene rings is 3. The summed E-state index contributed by atoms with van der Waals surface area (Å²) in [5.41, 5.74) is -0.741. The second-order valence-electron chi connectivity index (χ2n) is 10.3. The minimum Gasteiger partial charge on any atom is -0.382 e. The van der Waals surface area contributed by atoms with Gasteiger partial charge >= 0.3 is 0 Å². The average Bonchev–Trinajstić information content (AvgIpc) is 3.50. The summed E-state index contributed by atoms with van der Waals surface area (Å²) in [6, 6.07) is 15.3. The molecule has 1 aromatic heterocycles. The largest absolute Gasteiger partial charge is 0.382 e. The molecule has 0 radical (unpaired) electrons. The Bertz CT molecular complexity index is 1720. The fraction of sp³-hybridized carbons (Fsp3) is 0.300. The number of aromatic nitrogens is 3. The van der Waals surface area contributed by atoms with Gasteiger partial charge in [-0.3, -0.25) is 4.79 Å². The molecule has 2 atom stereocenters. The van der Waals surface area contributed by atoms with Crippen LogP contribution in [0, 0.1) is 11.6 Å². The van der Waals surface area contributed by atoms with Gasteiger partial charge in [-0.1, -0.05) is 30.0 Å². The van der Waals surface area contributed by atoms with E-state index in [1.165, 1.54) is 47.7 Å². The number of carbonyl (C=O) groups excluding carboxylic acids is 1. The molecule has 4 aromatic rings. The number of nitrogens with one attached hydrogen (secondary N) is 1. The maximum Gasteiger partial charge on any atom is 0.255 e. The van der Waals surface area contributed by atoms with E-state index in [-0.39, 0.29) is 17.0 Å². The van der Waals surface area contributed by atoms with Crippen LogP contribution in [0.1, 0.15) is 34.8 Å². The van der Waals surface area contributed by atoms with Gasteiger partial charge in [0.2, 0.25) is 5.12 Å². The first-order valence-electron chi connectivity index (χ1n) is 13.6. The Kier molecular flexibility index (Phi) is 9.18. The highest BCUT2D eigenvalue weighted by Crippen LogP contribution is 2.48. The number of amides is 1. The zero-order chi connectivity index (χ0) is 31.5. The highest BCUT2D eigenvalue weighted by Gasteiger charge is 2.47. The number of aliphatic hydroxyl groups is 1. The van der Waals surface area contributed by atoms with Crippen LogP contribution in [-0.4, -0.2) is 58.9 Å². The summed E-state index contributed by atoms with van der Waals surface area (Å²) >= 11 is 1.11. The summed E-state index contributed by atoms with van der Waals surface area (Å²) in [6.45, 7) is 2.18. The molecule has 232 valence electrons. The van der Waals surface area contributed by atoms with Crippen molar-refractivity contribution in [2.75, 3.05) is 24.8 Å². The second-order valence-corrected chi connectivity index (χ2v) is 13.8. The van der Waals surface area contributed by atoms with Gasteiger partial charge in [0, 0.05) is 39.9 Å². The van der Waals surface area contributed by atoms with Crippen LogP contribution >= 0.6 is 11.8 Å². The van der Waals surface area contributed by atoms with Crippen molar-refractivity contribution in [3.8, 4) is 0 Å². The van der Waals surface area contributed by atoms with Crippen molar-refractivity contribution in [1.82, 2.24) is 14.8 Å². The van der Waals surface area contributed by atoms with E-state index in [1.54, 1.807) is 31.2 Å². The van der Waals surface area contributed by atoms with Crippen LogP contribution in [0.2, 0.25) is 0 Å². The lowest BCUT2D eigenvalue weighted by Crippen LogP contribution is -2.45.